The molecule has 6 nitrogen and oxygen atoms in total. The number of carbonyl (C=O) groups excluding carboxylic acids is 1. The van der Waals surface area contributed by atoms with E-state index in [0.717, 1.165) is 19.3 Å². The molecule has 2 heterocycles. The predicted octanol–water partition coefficient (Wildman–Crippen LogP) is 1.17. The average Bonchev–Trinajstić information content (AvgIpc) is 2.96. The smallest absolute Gasteiger partial charge is 0.247 e. The third-order valence-corrected chi connectivity index (χ3v) is 7.03. The molecule has 1 aromatic heterocycles. The van der Waals surface area contributed by atoms with Crippen LogP contribution in [0.15, 0.2) is 4.90 Å². The van der Waals surface area contributed by atoms with Crippen molar-refractivity contribution in [3.8, 4) is 0 Å². The summed E-state index contributed by atoms with van der Waals surface area (Å²) < 4.78 is 29.3. The zero-order chi connectivity index (χ0) is 15.4. The van der Waals surface area contributed by atoms with Crippen molar-refractivity contribution in [2.75, 3.05) is 6.54 Å². The van der Waals surface area contributed by atoms with Crippen molar-refractivity contribution < 1.29 is 13.2 Å². The van der Waals surface area contributed by atoms with E-state index < -0.39 is 10.0 Å². The first-order chi connectivity index (χ1) is 9.84. The Hall–Kier alpha value is -1.21. The molecule has 21 heavy (non-hydrogen) atoms. The summed E-state index contributed by atoms with van der Waals surface area (Å²) in [4.78, 5) is 12.3. The fourth-order valence-electron chi connectivity index (χ4n) is 3.78. The molecule has 0 amide bonds. The molecule has 2 unspecified atom stereocenters. The summed E-state index contributed by atoms with van der Waals surface area (Å²) in [5, 5.41) is 4.22. The molecule has 0 N–H and O–H groups in total. The normalized spacial score (nSPS) is 27.1. The Morgan fingerprint density at radius 3 is 2.57 bits per heavy atom. The molecule has 3 rings (SSSR count). The standard InChI is InChI=1S/C14H21N3O3S/c1-9-14(10(2)16(3)15-9)21(19,20)17-8-7-13(18)11-5-4-6-12(11)17/h11-12H,4-8H2,1-3H3. The van der Waals surface area contributed by atoms with E-state index in [0.29, 0.717) is 29.2 Å². The first-order valence-electron chi connectivity index (χ1n) is 7.39. The molecule has 1 aromatic rings. The molecule has 1 saturated carbocycles. The van der Waals surface area contributed by atoms with E-state index in [1.165, 1.54) is 0 Å². The third kappa shape index (κ3) is 2.14. The van der Waals surface area contributed by atoms with Gasteiger partial charge in [0.2, 0.25) is 10.0 Å². The summed E-state index contributed by atoms with van der Waals surface area (Å²) in [5.74, 6) is 0.120. The van der Waals surface area contributed by atoms with Gasteiger partial charge in [-0.25, -0.2) is 8.42 Å². The first kappa shape index (κ1) is 14.7. The number of piperidine rings is 1. The van der Waals surface area contributed by atoms with Crippen LogP contribution in [-0.4, -0.2) is 40.9 Å². The van der Waals surface area contributed by atoms with Crippen LogP contribution in [0.25, 0.3) is 0 Å². The van der Waals surface area contributed by atoms with Crippen LogP contribution in [0.3, 0.4) is 0 Å². The number of sulfonamides is 1. The molecule has 116 valence electrons. The Morgan fingerprint density at radius 1 is 1.24 bits per heavy atom. The Bertz CT molecular complexity index is 693. The van der Waals surface area contributed by atoms with Gasteiger partial charge in [0, 0.05) is 32.0 Å². The van der Waals surface area contributed by atoms with E-state index in [4.69, 9.17) is 0 Å². The Balaban J connectivity index is 2.04. The lowest BCUT2D eigenvalue weighted by Gasteiger charge is -2.35. The molecule has 0 bridgehead atoms. The highest BCUT2D eigenvalue weighted by Gasteiger charge is 2.46. The zero-order valence-electron chi connectivity index (χ0n) is 12.7. The zero-order valence-corrected chi connectivity index (χ0v) is 13.5. The number of carbonyl (C=O) groups is 1. The van der Waals surface area contributed by atoms with E-state index in [9.17, 15) is 13.2 Å². The highest BCUT2D eigenvalue weighted by Crippen LogP contribution is 2.38. The van der Waals surface area contributed by atoms with Crippen molar-refractivity contribution in [3.05, 3.63) is 11.4 Å². The maximum Gasteiger partial charge on any atom is 0.247 e. The van der Waals surface area contributed by atoms with Gasteiger partial charge >= 0.3 is 0 Å². The second-order valence-corrected chi connectivity index (χ2v) is 7.89. The van der Waals surface area contributed by atoms with Crippen LogP contribution in [0, 0.1) is 19.8 Å². The van der Waals surface area contributed by atoms with E-state index >= 15 is 0 Å². The summed E-state index contributed by atoms with van der Waals surface area (Å²) in [6.45, 7) is 3.80. The molecule has 1 aliphatic heterocycles. The molecule has 0 radical (unpaired) electrons. The minimum atomic E-state index is -3.58. The first-order valence-corrected chi connectivity index (χ1v) is 8.83. The molecule has 2 fully saturated rings. The van der Waals surface area contributed by atoms with Gasteiger partial charge in [-0.1, -0.05) is 6.42 Å². The molecule has 1 aliphatic carbocycles. The number of aryl methyl sites for hydroxylation is 2. The summed E-state index contributed by atoms with van der Waals surface area (Å²) in [6.07, 6.45) is 2.87. The maximum atomic E-state index is 13.1. The van der Waals surface area contributed by atoms with Crippen molar-refractivity contribution in [3.63, 3.8) is 0 Å². The number of nitrogens with zero attached hydrogens (tertiary/aromatic N) is 3. The van der Waals surface area contributed by atoms with E-state index in [1.54, 1.807) is 29.9 Å². The van der Waals surface area contributed by atoms with E-state index in [-0.39, 0.29) is 17.7 Å². The van der Waals surface area contributed by atoms with Gasteiger partial charge in [-0.15, -0.1) is 0 Å². The number of rotatable bonds is 2. The third-order valence-electron chi connectivity index (χ3n) is 4.85. The SMILES string of the molecule is Cc1nn(C)c(C)c1S(=O)(=O)N1CCC(=O)C2CCCC21. The Kier molecular flexibility index (Phi) is 3.44. The summed E-state index contributed by atoms with van der Waals surface area (Å²) in [7, 11) is -1.83. The van der Waals surface area contributed by atoms with Crippen LogP contribution in [-0.2, 0) is 21.9 Å². The molecule has 7 heteroatoms. The average molecular weight is 311 g/mol. The van der Waals surface area contributed by atoms with Gasteiger partial charge in [0.05, 0.1) is 11.4 Å². The molecular formula is C14H21N3O3S. The number of hydrogen-bond donors (Lipinski definition) is 0. The lowest BCUT2D eigenvalue weighted by molar-refractivity contribution is -0.126. The lowest BCUT2D eigenvalue weighted by atomic mass is 9.92. The van der Waals surface area contributed by atoms with Crippen LogP contribution in [0.5, 0.6) is 0 Å². The monoisotopic (exact) mass is 311 g/mol. The van der Waals surface area contributed by atoms with Crippen molar-refractivity contribution in [2.45, 2.75) is 50.5 Å². The van der Waals surface area contributed by atoms with Crippen molar-refractivity contribution in [1.29, 1.82) is 0 Å². The minimum absolute atomic E-state index is 0.106. The van der Waals surface area contributed by atoms with Crippen LogP contribution in [0.1, 0.15) is 37.1 Å². The fourth-order valence-corrected chi connectivity index (χ4v) is 5.87. The molecule has 1 saturated heterocycles. The number of hydrogen-bond acceptors (Lipinski definition) is 4. The maximum absolute atomic E-state index is 13.1. The highest BCUT2D eigenvalue weighted by atomic mass is 32.2. The summed E-state index contributed by atoms with van der Waals surface area (Å²) in [6, 6.07) is -0.157. The number of ketones is 1. The van der Waals surface area contributed by atoms with Gasteiger partial charge in [-0.05, 0) is 26.7 Å². The van der Waals surface area contributed by atoms with Gasteiger partial charge in [0.15, 0.2) is 0 Å². The number of fused-ring (bicyclic) bond motifs is 1. The Morgan fingerprint density at radius 2 is 1.95 bits per heavy atom. The van der Waals surface area contributed by atoms with E-state index in [1.807, 2.05) is 0 Å². The largest absolute Gasteiger partial charge is 0.299 e. The van der Waals surface area contributed by atoms with Gasteiger partial charge in [0.1, 0.15) is 10.7 Å². The van der Waals surface area contributed by atoms with Crippen LogP contribution >= 0.6 is 0 Å². The molecule has 0 aromatic carbocycles. The van der Waals surface area contributed by atoms with Crippen molar-refractivity contribution >= 4 is 15.8 Å². The van der Waals surface area contributed by atoms with E-state index in [2.05, 4.69) is 5.10 Å². The van der Waals surface area contributed by atoms with Crippen LogP contribution in [0.4, 0.5) is 0 Å². The molecule has 2 aliphatic rings. The van der Waals surface area contributed by atoms with Gasteiger partial charge in [-0.2, -0.15) is 9.40 Å². The fraction of sp³-hybridized carbons (Fsp3) is 0.714. The minimum Gasteiger partial charge on any atom is -0.299 e. The lowest BCUT2D eigenvalue weighted by Crippen LogP contribution is -2.49. The number of Topliss-reactive ketones (excluding diaryl/α,β-unsaturated/α-hetero) is 1. The predicted molar refractivity (Wildman–Crippen MR) is 77.3 cm³/mol. The summed E-state index contributed by atoms with van der Waals surface area (Å²) in [5.41, 5.74) is 1.18. The number of aromatic nitrogens is 2. The van der Waals surface area contributed by atoms with Crippen molar-refractivity contribution in [2.24, 2.45) is 13.0 Å². The van der Waals surface area contributed by atoms with Crippen LogP contribution < -0.4 is 0 Å². The second kappa shape index (κ2) is 4.91. The van der Waals surface area contributed by atoms with Gasteiger partial charge in [-0.3, -0.25) is 9.48 Å². The summed E-state index contributed by atoms with van der Waals surface area (Å²) >= 11 is 0. The molecular weight excluding hydrogens is 290 g/mol. The van der Waals surface area contributed by atoms with Gasteiger partial charge in [0.25, 0.3) is 0 Å². The quantitative estimate of drug-likeness (QED) is 0.822. The Labute approximate surface area is 125 Å². The van der Waals surface area contributed by atoms with Crippen molar-refractivity contribution in [1.82, 2.24) is 14.1 Å². The second-order valence-electron chi connectivity index (χ2n) is 6.06. The van der Waals surface area contributed by atoms with Crippen LogP contribution in [0.2, 0.25) is 0 Å². The highest BCUT2D eigenvalue weighted by molar-refractivity contribution is 7.89. The van der Waals surface area contributed by atoms with Gasteiger partial charge < -0.3 is 0 Å². The molecule has 0 spiro atoms. The molecule has 2 atom stereocenters. The topological polar surface area (TPSA) is 72.3 Å².